The predicted octanol–water partition coefficient (Wildman–Crippen LogP) is 5.07. The van der Waals surface area contributed by atoms with Crippen molar-refractivity contribution >= 4 is 5.91 Å². The number of carbonyl (C=O) groups excluding carboxylic acids is 1. The number of methoxy groups -OCH3 is 1. The molecule has 2 aromatic rings. The van der Waals surface area contributed by atoms with E-state index in [0.717, 1.165) is 23.5 Å². The first-order valence-corrected chi connectivity index (χ1v) is 9.60. The Morgan fingerprint density at radius 2 is 1.63 bits per heavy atom. The summed E-state index contributed by atoms with van der Waals surface area (Å²) in [7, 11) is 1.65. The second-order valence-electron chi connectivity index (χ2n) is 7.29. The van der Waals surface area contributed by atoms with Gasteiger partial charge in [-0.1, -0.05) is 43.7 Å². The van der Waals surface area contributed by atoms with Gasteiger partial charge in [0.1, 0.15) is 11.5 Å². The number of carbonyl (C=O) groups is 1. The van der Waals surface area contributed by atoms with Crippen LogP contribution in [-0.4, -0.2) is 19.6 Å². The zero-order valence-corrected chi connectivity index (χ0v) is 16.8. The Kier molecular flexibility index (Phi) is 8.18. The van der Waals surface area contributed by atoms with Gasteiger partial charge in [-0.05, 0) is 55.5 Å². The number of benzene rings is 2. The topological polar surface area (TPSA) is 47.6 Å². The summed E-state index contributed by atoms with van der Waals surface area (Å²) in [6.07, 6.45) is 2.05. The van der Waals surface area contributed by atoms with Crippen LogP contribution in [0.5, 0.6) is 11.5 Å². The van der Waals surface area contributed by atoms with E-state index in [2.05, 4.69) is 19.2 Å². The van der Waals surface area contributed by atoms with Gasteiger partial charge in [-0.25, -0.2) is 0 Å². The highest BCUT2D eigenvalue weighted by molar-refractivity contribution is 5.76. The van der Waals surface area contributed by atoms with Crippen LogP contribution < -0.4 is 14.8 Å². The van der Waals surface area contributed by atoms with E-state index in [1.807, 2.05) is 55.5 Å². The van der Waals surface area contributed by atoms with Gasteiger partial charge < -0.3 is 14.8 Å². The molecule has 0 heterocycles. The molecule has 1 amide bonds. The highest BCUT2D eigenvalue weighted by Gasteiger charge is 2.16. The average Bonchev–Trinajstić information content (AvgIpc) is 2.66. The van der Waals surface area contributed by atoms with Gasteiger partial charge in [0.2, 0.25) is 5.91 Å². The van der Waals surface area contributed by atoms with Crippen molar-refractivity contribution in [3.63, 3.8) is 0 Å². The first kappa shape index (κ1) is 20.8. The normalized spacial score (nSPS) is 11.9. The molecule has 2 aromatic carbocycles. The summed E-state index contributed by atoms with van der Waals surface area (Å²) in [4.78, 5) is 12.4. The number of rotatable bonds is 10. The molecule has 0 fully saturated rings. The minimum absolute atomic E-state index is 0.0152. The van der Waals surface area contributed by atoms with Gasteiger partial charge in [0, 0.05) is 6.42 Å². The van der Waals surface area contributed by atoms with E-state index in [9.17, 15) is 4.79 Å². The van der Waals surface area contributed by atoms with Crippen LogP contribution in [0.3, 0.4) is 0 Å². The molecule has 27 heavy (non-hydrogen) atoms. The Morgan fingerprint density at radius 1 is 1.00 bits per heavy atom. The number of aryl methyl sites for hydroxylation is 1. The highest BCUT2D eigenvalue weighted by Crippen LogP contribution is 2.23. The number of hydrogen-bond donors (Lipinski definition) is 1. The summed E-state index contributed by atoms with van der Waals surface area (Å²) in [6.45, 7) is 6.91. The molecule has 0 radical (unpaired) electrons. The summed E-state index contributed by atoms with van der Waals surface area (Å²) in [5.41, 5.74) is 2.31. The Hall–Kier alpha value is -2.49. The molecule has 0 aliphatic rings. The number of nitrogens with one attached hydrogen (secondary N) is 1. The fourth-order valence-corrected chi connectivity index (χ4v) is 2.91. The third-order valence-electron chi connectivity index (χ3n) is 4.40. The van der Waals surface area contributed by atoms with E-state index in [1.165, 1.54) is 5.56 Å². The van der Waals surface area contributed by atoms with Gasteiger partial charge >= 0.3 is 0 Å². The first-order valence-electron chi connectivity index (χ1n) is 9.60. The molecule has 146 valence electrons. The molecule has 2 rings (SSSR count). The lowest BCUT2D eigenvalue weighted by molar-refractivity contribution is -0.122. The van der Waals surface area contributed by atoms with E-state index in [0.29, 0.717) is 25.4 Å². The molecule has 0 spiro atoms. The maximum atomic E-state index is 12.4. The molecule has 4 heteroatoms. The molecule has 4 nitrogen and oxygen atoms in total. The van der Waals surface area contributed by atoms with Crippen molar-refractivity contribution in [3.05, 3.63) is 59.7 Å². The molecule has 0 aliphatic carbocycles. The fourth-order valence-electron chi connectivity index (χ4n) is 2.91. The standard InChI is InChI=1S/C23H31NO3/c1-17(2)16-22(19-9-13-20(26-4)14-10-19)24-23(25)6-5-15-27-21-11-7-18(3)8-12-21/h7-14,17,22H,5-6,15-16H2,1-4H3,(H,24,25)/t22-/m1/s1. The molecule has 0 aromatic heterocycles. The van der Waals surface area contributed by atoms with Gasteiger partial charge in [0.15, 0.2) is 0 Å². The van der Waals surface area contributed by atoms with E-state index >= 15 is 0 Å². The second-order valence-corrected chi connectivity index (χ2v) is 7.29. The van der Waals surface area contributed by atoms with E-state index in [4.69, 9.17) is 9.47 Å². The zero-order chi connectivity index (χ0) is 19.6. The van der Waals surface area contributed by atoms with Crippen LogP contribution in [0.15, 0.2) is 48.5 Å². The summed E-state index contributed by atoms with van der Waals surface area (Å²) in [5.74, 6) is 2.21. The van der Waals surface area contributed by atoms with E-state index in [1.54, 1.807) is 7.11 Å². The third kappa shape index (κ3) is 7.33. The van der Waals surface area contributed by atoms with Gasteiger partial charge in [-0.2, -0.15) is 0 Å². The summed E-state index contributed by atoms with van der Waals surface area (Å²) >= 11 is 0. The average molecular weight is 370 g/mol. The lowest BCUT2D eigenvalue weighted by Crippen LogP contribution is -2.29. The number of amides is 1. The molecule has 0 aliphatic heterocycles. The van der Waals surface area contributed by atoms with Gasteiger partial charge in [-0.3, -0.25) is 4.79 Å². The van der Waals surface area contributed by atoms with Crippen LogP contribution >= 0.6 is 0 Å². The molecule has 0 saturated heterocycles. The van der Waals surface area contributed by atoms with Gasteiger partial charge in [0.25, 0.3) is 0 Å². The molecule has 1 atom stereocenters. The molecular formula is C23H31NO3. The quantitative estimate of drug-likeness (QED) is 0.595. The monoisotopic (exact) mass is 369 g/mol. The maximum absolute atomic E-state index is 12.4. The Balaban J connectivity index is 1.82. The van der Waals surface area contributed by atoms with E-state index < -0.39 is 0 Å². The summed E-state index contributed by atoms with van der Waals surface area (Å²) in [6, 6.07) is 15.9. The van der Waals surface area contributed by atoms with E-state index in [-0.39, 0.29) is 11.9 Å². The number of ether oxygens (including phenoxy) is 2. The van der Waals surface area contributed by atoms with Crippen LogP contribution in [0.2, 0.25) is 0 Å². The second kappa shape index (κ2) is 10.6. The molecule has 0 saturated carbocycles. The zero-order valence-electron chi connectivity index (χ0n) is 16.8. The van der Waals surface area contributed by atoms with Crippen LogP contribution in [0.25, 0.3) is 0 Å². The largest absolute Gasteiger partial charge is 0.497 e. The van der Waals surface area contributed by atoms with Gasteiger partial charge in [0.05, 0.1) is 19.8 Å². The van der Waals surface area contributed by atoms with Crippen molar-refractivity contribution in [2.45, 2.75) is 46.1 Å². The van der Waals surface area contributed by atoms with Crippen molar-refractivity contribution in [1.29, 1.82) is 0 Å². The molecule has 1 N–H and O–H groups in total. The fraction of sp³-hybridized carbons (Fsp3) is 0.435. The van der Waals surface area contributed by atoms with Crippen LogP contribution in [0.1, 0.15) is 50.3 Å². The Labute approximate surface area is 162 Å². The Morgan fingerprint density at radius 3 is 2.22 bits per heavy atom. The smallest absolute Gasteiger partial charge is 0.220 e. The van der Waals surface area contributed by atoms with Crippen molar-refractivity contribution in [3.8, 4) is 11.5 Å². The summed E-state index contributed by atoms with van der Waals surface area (Å²) < 4.78 is 10.9. The minimum atomic E-state index is 0.0152. The van der Waals surface area contributed by atoms with Gasteiger partial charge in [-0.15, -0.1) is 0 Å². The summed E-state index contributed by atoms with van der Waals surface area (Å²) in [5, 5.41) is 3.17. The minimum Gasteiger partial charge on any atom is -0.497 e. The lowest BCUT2D eigenvalue weighted by Gasteiger charge is -2.21. The Bertz CT molecular complexity index is 693. The highest BCUT2D eigenvalue weighted by atomic mass is 16.5. The first-order chi connectivity index (χ1) is 13.0. The van der Waals surface area contributed by atoms with Crippen LogP contribution in [0, 0.1) is 12.8 Å². The molecule has 0 bridgehead atoms. The molecule has 0 unspecified atom stereocenters. The van der Waals surface area contributed by atoms with Crippen molar-refractivity contribution in [1.82, 2.24) is 5.32 Å². The lowest BCUT2D eigenvalue weighted by atomic mass is 9.96. The third-order valence-corrected chi connectivity index (χ3v) is 4.40. The van der Waals surface area contributed by atoms with Crippen molar-refractivity contribution in [2.75, 3.05) is 13.7 Å². The predicted molar refractivity (Wildman–Crippen MR) is 109 cm³/mol. The van der Waals surface area contributed by atoms with Crippen molar-refractivity contribution in [2.24, 2.45) is 5.92 Å². The molecular weight excluding hydrogens is 338 g/mol. The van der Waals surface area contributed by atoms with Crippen LogP contribution in [-0.2, 0) is 4.79 Å². The maximum Gasteiger partial charge on any atom is 0.220 e. The SMILES string of the molecule is COc1ccc([C@@H](CC(C)C)NC(=O)CCCOc2ccc(C)cc2)cc1. The van der Waals surface area contributed by atoms with Crippen molar-refractivity contribution < 1.29 is 14.3 Å². The van der Waals surface area contributed by atoms with Crippen LogP contribution in [0.4, 0.5) is 0 Å². The number of hydrogen-bond acceptors (Lipinski definition) is 3.